The average molecular weight is 360 g/mol. The largest absolute Gasteiger partial charge is 0.446 e. The monoisotopic (exact) mass is 359 g/mol. The maximum Gasteiger partial charge on any atom is 0.407 e. The summed E-state index contributed by atoms with van der Waals surface area (Å²) in [5.74, 6) is 0.966. The van der Waals surface area contributed by atoms with E-state index < -0.39 is 0 Å². The SMILES string of the molecule is CC(C)(C)NC(=O)O[C@@H]1C[C@H]1c1ccc(Nc2cccc(Cl)c2)nc1. The third-order valence-corrected chi connectivity index (χ3v) is 4.01. The quantitative estimate of drug-likeness (QED) is 0.818. The van der Waals surface area contributed by atoms with E-state index in [-0.39, 0.29) is 23.7 Å². The first-order valence-corrected chi connectivity index (χ1v) is 8.65. The molecule has 1 saturated carbocycles. The fourth-order valence-electron chi connectivity index (χ4n) is 2.54. The highest BCUT2D eigenvalue weighted by atomic mass is 35.5. The molecule has 1 amide bonds. The van der Waals surface area contributed by atoms with Gasteiger partial charge < -0.3 is 15.4 Å². The van der Waals surface area contributed by atoms with E-state index in [1.165, 1.54) is 0 Å². The molecular weight excluding hydrogens is 338 g/mol. The van der Waals surface area contributed by atoms with Gasteiger partial charge in [-0.15, -0.1) is 0 Å². The van der Waals surface area contributed by atoms with Crippen molar-refractivity contribution in [3.63, 3.8) is 0 Å². The van der Waals surface area contributed by atoms with Crippen LogP contribution in [-0.4, -0.2) is 22.7 Å². The summed E-state index contributed by atoms with van der Waals surface area (Å²) in [6.07, 6.45) is 2.21. The first-order valence-electron chi connectivity index (χ1n) is 8.27. The van der Waals surface area contributed by atoms with E-state index >= 15 is 0 Å². The predicted molar refractivity (Wildman–Crippen MR) is 99.5 cm³/mol. The van der Waals surface area contributed by atoms with Crippen molar-refractivity contribution < 1.29 is 9.53 Å². The lowest BCUT2D eigenvalue weighted by molar-refractivity contribution is 0.128. The fourth-order valence-corrected chi connectivity index (χ4v) is 2.73. The lowest BCUT2D eigenvalue weighted by atomic mass is 10.1. The van der Waals surface area contributed by atoms with E-state index in [0.29, 0.717) is 5.02 Å². The third-order valence-electron chi connectivity index (χ3n) is 3.78. The van der Waals surface area contributed by atoms with E-state index in [1.807, 2.05) is 63.4 Å². The molecule has 3 rings (SSSR count). The van der Waals surface area contributed by atoms with Crippen LogP contribution >= 0.6 is 11.6 Å². The zero-order valence-electron chi connectivity index (χ0n) is 14.5. The molecule has 0 unspecified atom stereocenters. The maximum atomic E-state index is 11.8. The van der Waals surface area contributed by atoms with Crippen LogP contribution in [-0.2, 0) is 4.74 Å². The number of pyridine rings is 1. The summed E-state index contributed by atoms with van der Waals surface area (Å²) in [7, 11) is 0. The van der Waals surface area contributed by atoms with E-state index in [0.717, 1.165) is 23.5 Å². The first-order chi connectivity index (χ1) is 11.8. The first kappa shape index (κ1) is 17.5. The Bertz CT molecular complexity index is 756. The number of alkyl carbamates (subject to hydrolysis) is 1. The van der Waals surface area contributed by atoms with Crippen molar-refractivity contribution in [1.82, 2.24) is 10.3 Å². The van der Waals surface area contributed by atoms with Crippen LogP contribution in [0.2, 0.25) is 5.02 Å². The molecule has 1 aromatic carbocycles. The number of carbonyl (C=O) groups excluding carboxylic acids is 1. The molecule has 2 N–H and O–H groups in total. The molecule has 132 valence electrons. The van der Waals surface area contributed by atoms with Crippen molar-refractivity contribution in [1.29, 1.82) is 0 Å². The van der Waals surface area contributed by atoms with Gasteiger partial charge >= 0.3 is 6.09 Å². The Balaban J connectivity index is 1.54. The summed E-state index contributed by atoms with van der Waals surface area (Å²) in [5.41, 5.74) is 1.67. The summed E-state index contributed by atoms with van der Waals surface area (Å²) in [5, 5.41) is 6.69. The number of aromatic nitrogens is 1. The summed E-state index contributed by atoms with van der Waals surface area (Å²) in [6.45, 7) is 5.77. The molecule has 1 fully saturated rings. The summed E-state index contributed by atoms with van der Waals surface area (Å²) < 4.78 is 5.44. The van der Waals surface area contributed by atoms with Crippen molar-refractivity contribution in [3.05, 3.63) is 53.2 Å². The lowest BCUT2D eigenvalue weighted by Gasteiger charge is -2.20. The smallest absolute Gasteiger partial charge is 0.407 e. The lowest BCUT2D eigenvalue weighted by Crippen LogP contribution is -2.41. The summed E-state index contributed by atoms with van der Waals surface area (Å²) >= 11 is 5.98. The molecule has 25 heavy (non-hydrogen) atoms. The number of rotatable bonds is 4. The highest BCUT2D eigenvalue weighted by Crippen LogP contribution is 2.43. The molecule has 0 spiro atoms. The summed E-state index contributed by atoms with van der Waals surface area (Å²) in [4.78, 5) is 16.2. The number of nitrogens with one attached hydrogen (secondary N) is 2. The van der Waals surface area contributed by atoms with Gasteiger partial charge in [0.2, 0.25) is 0 Å². The van der Waals surface area contributed by atoms with Crippen LogP contribution in [0.4, 0.5) is 16.3 Å². The van der Waals surface area contributed by atoms with Crippen molar-refractivity contribution in [2.75, 3.05) is 5.32 Å². The fraction of sp³-hybridized carbons (Fsp3) is 0.368. The van der Waals surface area contributed by atoms with Crippen molar-refractivity contribution in [2.45, 2.75) is 44.8 Å². The minimum Gasteiger partial charge on any atom is -0.446 e. The normalized spacial score (nSPS) is 19.2. The minimum atomic E-state index is -0.368. The molecule has 0 aliphatic heterocycles. The molecule has 5 nitrogen and oxygen atoms in total. The van der Waals surface area contributed by atoms with E-state index in [1.54, 1.807) is 0 Å². The number of carbonyl (C=O) groups is 1. The maximum absolute atomic E-state index is 11.8. The number of hydrogen-bond donors (Lipinski definition) is 2. The van der Waals surface area contributed by atoms with Gasteiger partial charge in [0.05, 0.1) is 0 Å². The minimum absolute atomic E-state index is 0.0733. The van der Waals surface area contributed by atoms with Crippen LogP contribution < -0.4 is 10.6 Å². The van der Waals surface area contributed by atoms with Crippen LogP contribution in [0.1, 0.15) is 38.7 Å². The molecule has 1 heterocycles. The Labute approximate surface area is 152 Å². The Morgan fingerprint density at radius 2 is 2.08 bits per heavy atom. The molecule has 0 radical (unpaired) electrons. The molecule has 6 heteroatoms. The van der Waals surface area contributed by atoms with Crippen LogP contribution in [0.3, 0.4) is 0 Å². The van der Waals surface area contributed by atoms with E-state index in [2.05, 4.69) is 15.6 Å². The van der Waals surface area contributed by atoms with Gasteiger partial charge in [0.1, 0.15) is 11.9 Å². The van der Waals surface area contributed by atoms with E-state index in [4.69, 9.17) is 16.3 Å². The van der Waals surface area contributed by atoms with Crippen molar-refractivity contribution >= 4 is 29.2 Å². The highest BCUT2D eigenvalue weighted by molar-refractivity contribution is 6.30. The molecule has 0 saturated heterocycles. The number of anilines is 2. The van der Waals surface area contributed by atoms with Gasteiger partial charge in [-0.1, -0.05) is 23.7 Å². The Kier molecular flexibility index (Phi) is 4.86. The van der Waals surface area contributed by atoms with Crippen LogP contribution in [0.25, 0.3) is 0 Å². The van der Waals surface area contributed by atoms with Gasteiger partial charge in [-0.05, 0) is 57.0 Å². The summed E-state index contributed by atoms with van der Waals surface area (Å²) in [6, 6.07) is 11.4. The van der Waals surface area contributed by atoms with Gasteiger partial charge in [0.25, 0.3) is 0 Å². The van der Waals surface area contributed by atoms with Crippen LogP contribution in [0, 0.1) is 0 Å². The number of amides is 1. The van der Waals surface area contributed by atoms with Crippen LogP contribution in [0.15, 0.2) is 42.6 Å². The molecule has 1 aliphatic rings. The number of ether oxygens (including phenoxy) is 1. The van der Waals surface area contributed by atoms with Gasteiger partial charge in [-0.3, -0.25) is 0 Å². The predicted octanol–water partition coefficient (Wildman–Crippen LogP) is 4.86. The Hall–Kier alpha value is -2.27. The zero-order valence-corrected chi connectivity index (χ0v) is 15.3. The number of nitrogens with zero attached hydrogens (tertiary/aromatic N) is 1. The Morgan fingerprint density at radius 3 is 2.72 bits per heavy atom. The van der Waals surface area contributed by atoms with Gasteiger partial charge in [-0.25, -0.2) is 9.78 Å². The average Bonchev–Trinajstić information content (AvgIpc) is 3.25. The molecule has 2 atom stereocenters. The second-order valence-corrected chi connectivity index (χ2v) is 7.71. The second-order valence-electron chi connectivity index (χ2n) is 7.27. The van der Waals surface area contributed by atoms with Crippen molar-refractivity contribution in [2.24, 2.45) is 0 Å². The Morgan fingerprint density at radius 1 is 1.28 bits per heavy atom. The molecule has 1 aliphatic carbocycles. The number of benzene rings is 1. The zero-order chi connectivity index (χ0) is 18.0. The third kappa shape index (κ3) is 5.10. The topological polar surface area (TPSA) is 63.2 Å². The van der Waals surface area contributed by atoms with Gasteiger partial charge in [0, 0.05) is 28.4 Å². The molecule has 1 aromatic heterocycles. The van der Waals surface area contributed by atoms with Gasteiger partial charge in [0.15, 0.2) is 0 Å². The van der Waals surface area contributed by atoms with Crippen molar-refractivity contribution in [3.8, 4) is 0 Å². The molecule has 2 aromatic rings. The standard InChI is InChI=1S/C19H22ClN3O2/c1-19(2,3)23-18(24)25-16-10-15(16)12-7-8-17(21-11-12)22-14-6-4-5-13(20)9-14/h4-9,11,15-16H,10H2,1-3H3,(H,21,22)(H,23,24)/t15-,16+/m0/s1. The molecule has 0 bridgehead atoms. The van der Waals surface area contributed by atoms with Crippen LogP contribution in [0.5, 0.6) is 0 Å². The number of hydrogen-bond acceptors (Lipinski definition) is 4. The molecular formula is C19H22ClN3O2. The van der Waals surface area contributed by atoms with E-state index in [9.17, 15) is 4.79 Å². The van der Waals surface area contributed by atoms with Gasteiger partial charge in [-0.2, -0.15) is 0 Å². The highest BCUT2D eigenvalue weighted by Gasteiger charge is 2.42. The number of halogens is 1. The second kappa shape index (κ2) is 6.92.